The second kappa shape index (κ2) is 12.4. The molecule has 4 aromatic rings. The number of oxazole rings is 1. The monoisotopic (exact) mass is 505 g/mol. The SMILES string of the molecule is CCc1cccc(CNC[C@@H](O)[C@H](Cc2cc(F)cc(F)c2)NC(=O)c2ccc(-c3ncco3)cc2)c1. The number of aliphatic hydroxyl groups is 1. The van der Waals surface area contributed by atoms with Gasteiger partial charge in [-0.1, -0.05) is 31.2 Å². The highest BCUT2D eigenvalue weighted by molar-refractivity contribution is 5.94. The molecule has 0 aliphatic rings. The number of carbonyl (C=O) groups is 1. The first-order valence-corrected chi connectivity index (χ1v) is 12.1. The van der Waals surface area contributed by atoms with Crippen molar-refractivity contribution in [3.63, 3.8) is 0 Å². The lowest BCUT2D eigenvalue weighted by molar-refractivity contribution is 0.0830. The minimum absolute atomic E-state index is 0.0446. The molecule has 0 unspecified atom stereocenters. The molecule has 3 N–H and O–H groups in total. The minimum atomic E-state index is -1.02. The molecule has 6 nitrogen and oxygen atoms in total. The molecule has 4 rings (SSSR count). The summed E-state index contributed by atoms with van der Waals surface area (Å²) in [5.41, 5.74) is 3.70. The summed E-state index contributed by atoms with van der Waals surface area (Å²) < 4.78 is 32.9. The summed E-state index contributed by atoms with van der Waals surface area (Å²) in [4.78, 5) is 17.1. The number of nitrogens with zero attached hydrogens (tertiary/aromatic N) is 1. The van der Waals surface area contributed by atoms with Crippen molar-refractivity contribution in [2.75, 3.05) is 6.54 Å². The molecule has 3 aromatic carbocycles. The predicted octanol–water partition coefficient (Wildman–Crippen LogP) is 4.67. The molecule has 192 valence electrons. The molecule has 8 heteroatoms. The van der Waals surface area contributed by atoms with Crippen LogP contribution in [0.3, 0.4) is 0 Å². The predicted molar refractivity (Wildman–Crippen MR) is 137 cm³/mol. The first kappa shape index (κ1) is 26.2. The molecule has 0 saturated heterocycles. The molecule has 1 aromatic heterocycles. The molecular weight excluding hydrogens is 476 g/mol. The van der Waals surface area contributed by atoms with Gasteiger partial charge in [-0.05, 0) is 65.9 Å². The Morgan fingerprint density at radius 2 is 1.73 bits per heavy atom. The Kier molecular flexibility index (Phi) is 8.77. The Bertz CT molecular complexity index is 1290. The second-order valence-electron chi connectivity index (χ2n) is 8.85. The van der Waals surface area contributed by atoms with Gasteiger partial charge in [-0.3, -0.25) is 4.79 Å². The lowest BCUT2D eigenvalue weighted by atomic mass is 9.99. The van der Waals surface area contributed by atoms with Crippen molar-refractivity contribution in [3.05, 3.63) is 113 Å². The molecule has 1 amide bonds. The third-order valence-corrected chi connectivity index (χ3v) is 6.07. The van der Waals surface area contributed by atoms with Gasteiger partial charge >= 0.3 is 0 Å². The molecule has 0 radical (unpaired) electrons. The maximum Gasteiger partial charge on any atom is 0.251 e. The number of hydrogen-bond donors (Lipinski definition) is 3. The van der Waals surface area contributed by atoms with Gasteiger partial charge in [0.25, 0.3) is 5.91 Å². The summed E-state index contributed by atoms with van der Waals surface area (Å²) in [6.07, 6.45) is 2.95. The molecular formula is C29H29F2N3O3. The highest BCUT2D eigenvalue weighted by Crippen LogP contribution is 2.18. The maximum absolute atomic E-state index is 13.8. The van der Waals surface area contributed by atoms with E-state index in [4.69, 9.17) is 4.42 Å². The quantitative estimate of drug-likeness (QED) is 0.276. The lowest BCUT2D eigenvalue weighted by Gasteiger charge is -2.25. The topological polar surface area (TPSA) is 87.4 Å². The molecule has 0 saturated carbocycles. The van der Waals surface area contributed by atoms with E-state index in [9.17, 15) is 18.7 Å². The number of hydrogen-bond acceptors (Lipinski definition) is 5. The normalized spacial score (nSPS) is 12.8. The van der Waals surface area contributed by atoms with Crippen LogP contribution >= 0.6 is 0 Å². The highest BCUT2D eigenvalue weighted by Gasteiger charge is 2.23. The van der Waals surface area contributed by atoms with Crippen LogP contribution in [0.2, 0.25) is 0 Å². The van der Waals surface area contributed by atoms with Gasteiger partial charge in [0.15, 0.2) is 0 Å². The average Bonchev–Trinajstić information content (AvgIpc) is 3.43. The van der Waals surface area contributed by atoms with Crippen LogP contribution in [0.4, 0.5) is 8.78 Å². The van der Waals surface area contributed by atoms with E-state index in [1.54, 1.807) is 24.3 Å². The van der Waals surface area contributed by atoms with Crippen LogP contribution in [0.15, 0.2) is 83.6 Å². The highest BCUT2D eigenvalue weighted by atomic mass is 19.1. The van der Waals surface area contributed by atoms with Crippen molar-refractivity contribution < 1.29 is 23.1 Å². The standard InChI is InChI=1S/C29H29F2N3O3/c1-2-19-4-3-5-20(12-19)17-32-18-27(35)26(15-21-13-24(30)16-25(31)14-21)34-28(36)22-6-8-23(9-7-22)29-33-10-11-37-29/h3-14,16,26-27,32,35H,2,15,17-18H2,1H3,(H,34,36)/t26-,27+/m0/s1. The number of amides is 1. The van der Waals surface area contributed by atoms with Crippen LogP contribution in [-0.4, -0.2) is 34.7 Å². The van der Waals surface area contributed by atoms with Crippen molar-refractivity contribution >= 4 is 5.91 Å². The molecule has 0 aliphatic heterocycles. The first-order valence-electron chi connectivity index (χ1n) is 12.1. The summed E-state index contributed by atoms with van der Waals surface area (Å²) in [6, 6.07) is 17.2. The Morgan fingerprint density at radius 1 is 1.00 bits per heavy atom. The van der Waals surface area contributed by atoms with Crippen LogP contribution in [0, 0.1) is 11.6 Å². The number of carbonyl (C=O) groups excluding carboxylic acids is 1. The summed E-state index contributed by atoms with van der Waals surface area (Å²) in [7, 11) is 0. The van der Waals surface area contributed by atoms with Gasteiger partial charge in [-0.25, -0.2) is 13.8 Å². The number of nitrogens with one attached hydrogen (secondary N) is 2. The van der Waals surface area contributed by atoms with Gasteiger partial charge < -0.3 is 20.2 Å². The lowest BCUT2D eigenvalue weighted by Crippen LogP contribution is -2.48. The molecule has 37 heavy (non-hydrogen) atoms. The smallest absolute Gasteiger partial charge is 0.251 e. The van der Waals surface area contributed by atoms with Gasteiger partial charge in [-0.2, -0.15) is 0 Å². The fraction of sp³-hybridized carbons (Fsp3) is 0.241. The number of rotatable bonds is 11. The van der Waals surface area contributed by atoms with Crippen LogP contribution in [0.1, 0.15) is 34.0 Å². The zero-order chi connectivity index (χ0) is 26.2. The van der Waals surface area contributed by atoms with Crippen LogP contribution in [-0.2, 0) is 19.4 Å². The van der Waals surface area contributed by atoms with Crippen molar-refractivity contribution in [2.24, 2.45) is 0 Å². The largest absolute Gasteiger partial charge is 0.445 e. The number of halogens is 2. The number of benzene rings is 3. The van der Waals surface area contributed by atoms with E-state index in [0.29, 0.717) is 29.1 Å². The van der Waals surface area contributed by atoms with E-state index in [1.807, 2.05) is 12.1 Å². The van der Waals surface area contributed by atoms with Crippen LogP contribution in [0.25, 0.3) is 11.5 Å². The summed E-state index contributed by atoms with van der Waals surface area (Å²) >= 11 is 0. The van der Waals surface area contributed by atoms with Crippen molar-refractivity contribution in [3.8, 4) is 11.5 Å². The summed E-state index contributed by atoms with van der Waals surface area (Å²) in [5.74, 6) is -1.42. The summed E-state index contributed by atoms with van der Waals surface area (Å²) in [6.45, 7) is 2.78. The van der Waals surface area contributed by atoms with Gasteiger partial charge in [0.2, 0.25) is 5.89 Å². The molecule has 0 fully saturated rings. The molecule has 2 atom stereocenters. The van der Waals surface area contributed by atoms with Gasteiger partial charge in [0.05, 0.1) is 18.3 Å². The number of aryl methyl sites for hydroxylation is 1. The average molecular weight is 506 g/mol. The zero-order valence-corrected chi connectivity index (χ0v) is 20.5. The number of aliphatic hydroxyl groups excluding tert-OH is 1. The minimum Gasteiger partial charge on any atom is -0.445 e. The van der Waals surface area contributed by atoms with E-state index < -0.39 is 29.7 Å². The fourth-order valence-electron chi connectivity index (χ4n) is 4.11. The van der Waals surface area contributed by atoms with Crippen molar-refractivity contribution in [1.82, 2.24) is 15.6 Å². The first-order chi connectivity index (χ1) is 17.9. The van der Waals surface area contributed by atoms with Gasteiger partial charge in [0, 0.05) is 30.3 Å². The van der Waals surface area contributed by atoms with E-state index in [2.05, 4.69) is 34.7 Å². The Morgan fingerprint density at radius 3 is 2.41 bits per heavy atom. The van der Waals surface area contributed by atoms with Gasteiger partial charge in [-0.15, -0.1) is 0 Å². The molecule has 0 aliphatic carbocycles. The molecule has 1 heterocycles. The van der Waals surface area contributed by atoms with Gasteiger partial charge in [0.1, 0.15) is 17.9 Å². The third-order valence-electron chi connectivity index (χ3n) is 6.07. The second-order valence-corrected chi connectivity index (χ2v) is 8.85. The fourth-order valence-corrected chi connectivity index (χ4v) is 4.11. The Balaban J connectivity index is 1.45. The zero-order valence-electron chi connectivity index (χ0n) is 20.5. The van der Waals surface area contributed by atoms with E-state index in [1.165, 1.54) is 30.2 Å². The summed E-state index contributed by atoms with van der Waals surface area (Å²) in [5, 5.41) is 17.0. The third kappa shape index (κ3) is 7.31. The Labute approximate surface area is 214 Å². The van der Waals surface area contributed by atoms with Crippen LogP contribution in [0.5, 0.6) is 0 Å². The molecule has 0 bridgehead atoms. The van der Waals surface area contributed by atoms with E-state index in [-0.39, 0.29) is 13.0 Å². The molecule has 0 spiro atoms. The number of aromatic nitrogens is 1. The van der Waals surface area contributed by atoms with Crippen LogP contribution < -0.4 is 10.6 Å². The Hall–Kier alpha value is -3.88. The van der Waals surface area contributed by atoms with Crippen molar-refractivity contribution in [1.29, 1.82) is 0 Å². The van der Waals surface area contributed by atoms with E-state index >= 15 is 0 Å². The van der Waals surface area contributed by atoms with E-state index in [0.717, 1.165) is 18.1 Å². The van der Waals surface area contributed by atoms with Crippen molar-refractivity contribution in [2.45, 2.75) is 38.5 Å². The maximum atomic E-state index is 13.8.